The summed E-state index contributed by atoms with van der Waals surface area (Å²) in [5, 5.41) is 9.78. The summed E-state index contributed by atoms with van der Waals surface area (Å²) in [6.45, 7) is 2.17. The maximum absolute atomic E-state index is 14.9. The third-order valence-electron chi connectivity index (χ3n) is 6.36. The molecule has 0 unspecified atom stereocenters. The van der Waals surface area contributed by atoms with Crippen LogP contribution in [0.2, 0.25) is 0 Å². The van der Waals surface area contributed by atoms with Crippen LogP contribution in [0.5, 0.6) is 0 Å². The molecule has 0 spiro atoms. The topological polar surface area (TPSA) is 37.3 Å². The molecule has 0 heterocycles. The number of unbranched alkanes of at least 4 members (excludes halogenated alkanes) is 2. The number of hydrogen-bond donors (Lipinski definition) is 1. The average Bonchev–Trinajstić information content (AvgIpc) is 2.77. The average molecular weight is 469 g/mol. The molecule has 0 aromatic heterocycles. The maximum atomic E-state index is 14.9. The first-order chi connectivity index (χ1) is 15.3. The highest BCUT2D eigenvalue weighted by molar-refractivity contribution is 7.99. The molecule has 2 nitrogen and oxygen atoms in total. The van der Waals surface area contributed by atoms with E-state index in [2.05, 4.69) is 6.92 Å². The van der Waals surface area contributed by atoms with Gasteiger partial charge >= 0.3 is 5.97 Å². The fourth-order valence-corrected chi connectivity index (χ4v) is 5.31. The van der Waals surface area contributed by atoms with Crippen molar-refractivity contribution in [1.82, 2.24) is 0 Å². The van der Waals surface area contributed by atoms with Crippen LogP contribution in [0.3, 0.4) is 0 Å². The van der Waals surface area contributed by atoms with Gasteiger partial charge < -0.3 is 5.11 Å². The molecule has 1 N–H and O–H groups in total. The molecular weight excluding hydrogens is 440 g/mol. The zero-order chi connectivity index (χ0) is 23.3. The van der Waals surface area contributed by atoms with E-state index in [9.17, 15) is 27.5 Å². The smallest absolute Gasteiger partial charge is 0.335 e. The Hall–Kier alpha value is -2.02. The van der Waals surface area contributed by atoms with Crippen molar-refractivity contribution in [3.8, 4) is 11.1 Å². The van der Waals surface area contributed by atoms with Gasteiger partial charge in [-0.25, -0.2) is 13.6 Å². The molecule has 0 aliphatic heterocycles. The molecule has 3 rings (SSSR count). The van der Waals surface area contributed by atoms with Crippen LogP contribution in [0.15, 0.2) is 35.2 Å². The molecule has 1 fully saturated rings. The third-order valence-corrected chi connectivity index (χ3v) is 7.11. The number of alkyl halides is 2. The molecule has 0 atom stereocenters. The van der Waals surface area contributed by atoms with Crippen molar-refractivity contribution >= 4 is 17.7 Å². The quantitative estimate of drug-likeness (QED) is 0.228. The van der Waals surface area contributed by atoms with E-state index in [1.165, 1.54) is 37.5 Å². The third kappa shape index (κ3) is 5.66. The molecule has 0 radical (unpaired) electrons. The molecule has 0 amide bonds. The molecule has 0 saturated heterocycles. The number of carboxylic acids is 1. The number of carbonyl (C=O) groups is 1. The van der Waals surface area contributed by atoms with E-state index in [-0.39, 0.29) is 28.8 Å². The first kappa shape index (κ1) is 24.6. The lowest BCUT2D eigenvalue weighted by molar-refractivity contribution is 0.0694. The van der Waals surface area contributed by atoms with Gasteiger partial charge in [-0.1, -0.05) is 62.6 Å². The van der Waals surface area contributed by atoms with Gasteiger partial charge in [0.15, 0.2) is 11.6 Å². The van der Waals surface area contributed by atoms with E-state index >= 15 is 0 Å². The fraction of sp³-hybridized carbons (Fsp3) is 0.480. The summed E-state index contributed by atoms with van der Waals surface area (Å²) >= 11 is -0.0508. The molecule has 2 aromatic carbocycles. The van der Waals surface area contributed by atoms with Crippen molar-refractivity contribution < 1.29 is 27.5 Å². The Morgan fingerprint density at radius 3 is 2.38 bits per heavy atom. The first-order valence-corrected chi connectivity index (χ1v) is 12.0. The predicted octanol–water partition coefficient (Wildman–Crippen LogP) is 8.50. The number of hydrogen-bond acceptors (Lipinski definition) is 2. The summed E-state index contributed by atoms with van der Waals surface area (Å²) in [6, 6.07) is 6.99. The summed E-state index contributed by atoms with van der Waals surface area (Å²) in [5.41, 5.74) is 0.830. The van der Waals surface area contributed by atoms with Crippen LogP contribution in [0, 0.1) is 17.6 Å². The highest BCUT2D eigenvalue weighted by atomic mass is 32.2. The molecule has 1 aliphatic carbocycles. The maximum Gasteiger partial charge on any atom is 0.335 e. The highest BCUT2D eigenvalue weighted by Crippen LogP contribution is 2.44. The zero-order valence-corrected chi connectivity index (χ0v) is 18.9. The SMILES string of the molecule is CCCCC[C@H]1CC[C@H](c2c(C(=O)O)cccc2-c2ccc(SC(F)F)c(F)c2F)CC1. The zero-order valence-electron chi connectivity index (χ0n) is 18.1. The van der Waals surface area contributed by atoms with Gasteiger partial charge in [0.1, 0.15) is 0 Å². The number of thioether (sulfide) groups is 1. The Kier molecular flexibility index (Phi) is 8.63. The van der Waals surface area contributed by atoms with Gasteiger partial charge in [0.2, 0.25) is 0 Å². The standard InChI is InChI=1S/C25H28F4O2S/c1-2-3-4-6-15-9-11-16(12-10-15)21-17(7-5-8-19(21)24(30)31)18-13-14-20(32-25(28)29)23(27)22(18)26/h5,7-8,13-16,25H,2-4,6,9-12H2,1H3,(H,30,31)/t15-,16-. The Morgan fingerprint density at radius 2 is 1.75 bits per heavy atom. The lowest BCUT2D eigenvalue weighted by atomic mass is 9.74. The van der Waals surface area contributed by atoms with Crippen LogP contribution in [-0.4, -0.2) is 16.8 Å². The molecule has 32 heavy (non-hydrogen) atoms. The van der Waals surface area contributed by atoms with E-state index in [0.717, 1.165) is 38.2 Å². The van der Waals surface area contributed by atoms with Gasteiger partial charge in [0.25, 0.3) is 5.76 Å². The van der Waals surface area contributed by atoms with Crippen molar-refractivity contribution in [3.63, 3.8) is 0 Å². The Bertz CT molecular complexity index is 940. The van der Waals surface area contributed by atoms with Crippen LogP contribution >= 0.6 is 11.8 Å². The monoisotopic (exact) mass is 468 g/mol. The van der Waals surface area contributed by atoms with Crippen molar-refractivity contribution in [2.45, 2.75) is 74.9 Å². The lowest BCUT2D eigenvalue weighted by Gasteiger charge is -2.31. The van der Waals surface area contributed by atoms with Gasteiger partial charge in [-0.15, -0.1) is 0 Å². The van der Waals surface area contributed by atoms with Crippen molar-refractivity contribution in [2.24, 2.45) is 5.92 Å². The normalized spacial score (nSPS) is 18.8. The van der Waals surface area contributed by atoms with Gasteiger partial charge in [0.05, 0.1) is 10.5 Å². The van der Waals surface area contributed by atoms with E-state index < -0.39 is 28.3 Å². The number of carboxylic acid groups (broad SMARTS) is 1. The minimum absolute atomic E-state index is 0.0508. The first-order valence-electron chi connectivity index (χ1n) is 11.1. The van der Waals surface area contributed by atoms with Crippen LogP contribution in [0.25, 0.3) is 11.1 Å². The largest absolute Gasteiger partial charge is 0.478 e. The van der Waals surface area contributed by atoms with Crippen molar-refractivity contribution in [1.29, 1.82) is 0 Å². The molecule has 2 aromatic rings. The summed E-state index contributed by atoms with van der Waals surface area (Å²) < 4.78 is 54.7. The molecule has 174 valence electrons. The second-order valence-electron chi connectivity index (χ2n) is 8.40. The van der Waals surface area contributed by atoms with Gasteiger partial charge in [-0.05, 0) is 60.8 Å². The molecule has 7 heteroatoms. The predicted molar refractivity (Wildman–Crippen MR) is 119 cm³/mol. The summed E-state index contributed by atoms with van der Waals surface area (Å²) in [6.07, 6.45) is 8.26. The number of aromatic carboxylic acids is 1. The molecule has 0 bridgehead atoms. The Labute approximate surface area is 190 Å². The minimum Gasteiger partial charge on any atom is -0.478 e. The van der Waals surface area contributed by atoms with Gasteiger partial charge in [-0.3, -0.25) is 0 Å². The van der Waals surface area contributed by atoms with Gasteiger partial charge in [0, 0.05) is 5.56 Å². The number of halogens is 4. The van der Waals surface area contributed by atoms with E-state index in [4.69, 9.17) is 0 Å². The fourth-order valence-electron chi connectivity index (χ4n) is 4.78. The van der Waals surface area contributed by atoms with E-state index in [1.54, 1.807) is 6.07 Å². The summed E-state index contributed by atoms with van der Waals surface area (Å²) in [7, 11) is 0. The second-order valence-corrected chi connectivity index (χ2v) is 9.43. The number of benzene rings is 2. The summed E-state index contributed by atoms with van der Waals surface area (Å²) in [5.74, 6) is -6.01. The minimum atomic E-state index is -2.87. The van der Waals surface area contributed by atoms with Crippen molar-refractivity contribution in [2.75, 3.05) is 0 Å². The van der Waals surface area contributed by atoms with Crippen LogP contribution in [-0.2, 0) is 0 Å². The molecule has 1 aliphatic rings. The lowest BCUT2D eigenvalue weighted by Crippen LogP contribution is -2.17. The Morgan fingerprint density at radius 1 is 1.03 bits per heavy atom. The molecular formula is C25H28F4O2S. The summed E-state index contributed by atoms with van der Waals surface area (Å²) in [4.78, 5) is 11.5. The van der Waals surface area contributed by atoms with Gasteiger partial charge in [-0.2, -0.15) is 8.78 Å². The van der Waals surface area contributed by atoms with Crippen LogP contribution in [0.1, 0.15) is 80.1 Å². The highest BCUT2D eigenvalue weighted by Gasteiger charge is 2.29. The van der Waals surface area contributed by atoms with Crippen LogP contribution < -0.4 is 0 Å². The van der Waals surface area contributed by atoms with Crippen LogP contribution in [0.4, 0.5) is 17.6 Å². The van der Waals surface area contributed by atoms with E-state index in [1.807, 2.05) is 0 Å². The van der Waals surface area contributed by atoms with Crippen molar-refractivity contribution in [3.05, 3.63) is 53.1 Å². The Balaban J connectivity index is 1.95. The molecule has 1 saturated carbocycles. The second kappa shape index (κ2) is 11.2. The van der Waals surface area contributed by atoms with E-state index in [0.29, 0.717) is 17.0 Å². The number of rotatable bonds is 9.